The molecule has 0 saturated carbocycles. The average Bonchev–Trinajstić information content (AvgIpc) is 2.60. The van der Waals surface area contributed by atoms with Gasteiger partial charge in [0, 0.05) is 0 Å². The van der Waals surface area contributed by atoms with E-state index in [-0.39, 0.29) is 18.3 Å². The predicted molar refractivity (Wildman–Crippen MR) is 82.6 cm³/mol. The van der Waals surface area contributed by atoms with Gasteiger partial charge >= 0.3 is 7.12 Å². The highest BCUT2D eigenvalue weighted by molar-refractivity contribution is 6.54. The minimum atomic E-state index is -0.220. The lowest BCUT2D eigenvalue weighted by Gasteiger charge is -2.40. The van der Waals surface area contributed by atoms with Gasteiger partial charge < -0.3 is 14.6 Å². The maximum absolute atomic E-state index is 6.18. The van der Waals surface area contributed by atoms with E-state index in [2.05, 4.69) is 39.1 Å². The third-order valence-electron chi connectivity index (χ3n) is 5.96. The Bertz CT molecular complexity index is 395. The standard InChI is InChI=1S/C16H28BNO2/c1-14(2)15(3,4)20-17(19-14)13-5-7-16(8-6-13)9-11-18-12-10-16/h5,18H,6-12H2,1-4H3. The molecular formula is C16H28BNO2. The van der Waals surface area contributed by atoms with Gasteiger partial charge in [-0.2, -0.15) is 0 Å². The van der Waals surface area contributed by atoms with Crippen molar-refractivity contribution in [3.8, 4) is 0 Å². The summed E-state index contributed by atoms with van der Waals surface area (Å²) in [5, 5.41) is 3.47. The molecular weight excluding hydrogens is 249 g/mol. The summed E-state index contributed by atoms with van der Waals surface area (Å²) in [5.41, 5.74) is 1.48. The first-order valence-corrected chi connectivity index (χ1v) is 8.09. The van der Waals surface area contributed by atoms with Gasteiger partial charge in [0.1, 0.15) is 0 Å². The normalized spacial score (nSPS) is 31.4. The van der Waals surface area contributed by atoms with Crippen molar-refractivity contribution in [2.24, 2.45) is 5.41 Å². The van der Waals surface area contributed by atoms with Crippen LogP contribution in [-0.4, -0.2) is 31.4 Å². The van der Waals surface area contributed by atoms with Crippen LogP contribution in [0, 0.1) is 5.41 Å². The topological polar surface area (TPSA) is 30.5 Å². The Hall–Kier alpha value is -0.315. The van der Waals surface area contributed by atoms with Gasteiger partial charge in [0.05, 0.1) is 11.2 Å². The van der Waals surface area contributed by atoms with E-state index in [0.717, 1.165) is 6.42 Å². The van der Waals surface area contributed by atoms with E-state index in [1.165, 1.54) is 44.2 Å². The van der Waals surface area contributed by atoms with Gasteiger partial charge in [0.15, 0.2) is 0 Å². The third-order valence-corrected chi connectivity index (χ3v) is 5.96. The van der Waals surface area contributed by atoms with Crippen LogP contribution in [0.3, 0.4) is 0 Å². The summed E-state index contributed by atoms with van der Waals surface area (Å²) in [4.78, 5) is 0. The smallest absolute Gasteiger partial charge is 0.400 e. The van der Waals surface area contributed by atoms with Crippen LogP contribution in [0.1, 0.15) is 59.8 Å². The molecule has 2 heterocycles. The summed E-state index contributed by atoms with van der Waals surface area (Å²) in [6, 6.07) is 0. The second-order valence-electron chi connectivity index (χ2n) is 7.82. The van der Waals surface area contributed by atoms with Gasteiger partial charge in [-0.3, -0.25) is 0 Å². The number of piperidine rings is 1. The molecule has 1 aliphatic carbocycles. The molecule has 0 unspecified atom stereocenters. The highest BCUT2D eigenvalue weighted by Crippen LogP contribution is 2.45. The van der Waals surface area contributed by atoms with Crippen LogP contribution >= 0.6 is 0 Å². The average molecular weight is 277 g/mol. The van der Waals surface area contributed by atoms with Crippen LogP contribution in [-0.2, 0) is 9.31 Å². The number of allylic oxidation sites excluding steroid dienone is 2. The molecule has 3 aliphatic rings. The van der Waals surface area contributed by atoms with Crippen LogP contribution in [0.4, 0.5) is 0 Å². The molecule has 2 saturated heterocycles. The molecule has 0 bridgehead atoms. The highest BCUT2D eigenvalue weighted by atomic mass is 16.7. The number of hydrogen-bond acceptors (Lipinski definition) is 3. The zero-order chi connectivity index (χ0) is 14.4. The Morgan fingerprint density at radius 2 is 1.60 bits per heavy atom. The summed E-state index contributed by atoms with van der Waals surface area (Å²) in [6.45, 7) is 10.9. The van der Waals surface area contributed by atoms with Crippen molar-refractivity contribution in [2.75, 3.05) is 13.1 Å². The van der Waals surface area contributed by atoms with Crippen LogP contribution in [0.2, 0.25) is 0 Å². The van der Waals surface area contributed by atoms with Crippen LogP contribution < -0.4 is 5.32 Å². The molecule has 0 atom stereocenters. The Morgan fingerprint density at radius 3 is 2.10 bits per heavy atom. The number of rotatable bonds is 1. The fourth-order valence-corrected chi connectivity index (χ4v) is 3.58. The first-order chi connectivity index (χ1) is 9.34. The van der Waals surface area contributed by atoms with E-state index < -0.39 is 0 Å². The number of hydrogen-bond donors (Lipinski definition) is 1. The van der Waals surface area contributed by atoms with Crippen molar-refractivity contribution in [1.82, 2.24) is 5.32 Å². The Labute approximate surface area is 123 Å². The summed E-state index contributed by atoms with van der Waals surface area (Å²) in [5.74, 6) is 0. The molecule has 2 fully saturated rings. The predicted octanol–water partition coefficient (Wildman–Crippen LogP) is 3.10. The molecule has 2 aliphatic heterocycles. The Morgan fingerprint density at radius 1 is 1.00 bits per heavy atom. The Kier molecular flexibility index (Phi) is 3.55. The van der Waals surface area contributed by atoms with Crippen molar-refractivity contribution >= 4 is 7.12 Å². The largest absolute Gasteiger partial charge is 0.490 e. The van der Waals surface area contributed by atoms with Gasteiger partial charge in [0.25, 0.3) is 0 Å². The van der Waals surface area contributed by atoms with Crippen molar-refractivity contribution in [3.05, 3.63) is 11.5 Å². The maximum Gasteiger partial charge on any atom is 0.490 e. The van der Waals surface area contributed by atoms with E-state index in [9.17, 15) is 0 Å². The SMILES string of the molecule is CC1(C)OB(C2=CCC3(CCNCC3)CC2)OC1(C)C. The van der Waals surface area contributed by atoms with Crippen molar-refractivity contribution in [1.29, 1.82) is 0 Å². The van der Waals surface area contributed by atoms with Gasteiger partial charge in [0.2, 0.25) is 0 Å². The maximum atomic E-state index is 6.18. The second-order valence-corrected chi connectivity index (χ2v) is 7.82. The molecule has 0 amide bonds. The minimum Gasteiger partial charge on any atom is -0.400 e. The summed E-state index contributed by atoms with van der Waals surface area (Å²) < 4.78 is 12.4. The summed E-state index contributed by atoms with van der Waals surface area (Å²) >= 11 is 0. The van der Waals surface area contributed by atoms with E-state index in [4.69, 9.17) is 9.31 Å². The highest BCUT2D eigenvalue weighted by Gasteiger charge is 2.52. The molecule has 1 spiro atoms. The Balaban J connectivity index is 1.68. The molecule has 4 heteroatoms. The quantitative estimate of drug-likeness (QED) is 0.747. The second kappa shape index (κ2) is 4.86. The van der Waals surface area contributed by atoms with E-state index in [0.29, 0.717) is 5.41 Å². The van der Waals surface area contributed by atoms with Gasteiger partial charge in [-0.15, -0.1) is 0 Å². The lowest BCUT2D eigenvalue weighted by molar-refractivity contribution is 0.00578. The fraction of sp³-hybridized carbons (Fsp3) is 0.875. The molecule has 112 valence electrons. The van der Waals surface area contributed by atoms with Crippen LogP contribution in [0.5, 0.6) is 0 Å². The van der Waals surface area contributed by atoms with Crippen LogP contribution in [0.15, 0.2) is 11.5 Å². The molecule has 20 heavy (non-hydrogen) atoms. The minimum absolute atomic E-state index is 0.126. The number of nitrogens with one attached hydrogen (secondary N) is 1. The molecule has 3 rings (SSSR count). The summed E-state index contributed by atoms with van der Waals surface area (Å²) in [6.07, 6.45) is 8.69. The van der Waals surface area contributed by atoms with Crippen LogP contribution in [0.25, 0.3) is 0 Å². The molecule has 1 N–H and O–H groups in total. The third kappa shape index (κ3) is 2.47. The molecule has 0 radical (unpaired) electrons. The zero-order valence-electron chi connectivity index (χ0n) is 13.4. The van der Waals surface area contributed by atoms with Crippen molar-refractivity contribution in [2.45, 2.75) is 71.0 Å². The first-order valence-electron chi connectivity index (χ1n) is 8.09. The van der Waals surface area contributed by atoms with Crippen molar-refractivity contribution < 1.29 is 9.31 Å². The zero-order valence-corrected chi connectivity index (χ0v) is 13.4. The van der Waals surface area contributed by atoms with E-state index in [1.54, 1.807) is 0 Å². The lowest BCUT2D eigenvalue weighted by atomic mass is 9.63. The monoisotopic (exact) mass is 277 g/mol. The first kappa shape index (κ1) is 14.6. The molecule has 3 nitrogen and oxygen atoms in total. The van der Waals surface area contributed by atoms with E-state index >= 15 is 0 Å². The van der Waals surface area contributed by atoms with Gasteiger partial charge in [-0.05, 0) is 83.8 Å². The van der Waals surface area contributed by atoms with E-state index in [1.807, 2.05) is 0 Å². The summed E-state index contributed by atoms with van der Waals surface area (Å²) in [7, 11) is -0.126. The fourth-order valence-electron chi connectivity index (χ4n) is 3.58. The van der Waals surface area contributed by atoms with Crippen molar-refractivity contribution in [3.63, 3.8) is 0 Å². The van der Waals surface area contributed by atoms with Gasteiger partial charge in [-0.25, -0.2) is 0 Å². The van der Waals surface area contributed by atoms with Gasteiger partial charge in [-0.1, -0.05) is 6.08 Å². The molecule has 0 aromatic heterocycles. The molecule has 0 aromatic rings. The lowest BCUT2D eigenvalue weighted by Crippen LogP contribution is -2.41. The molecule has 0 aromatic carbocycles.